The van der Waals surface area contributed by atoms with E-state index >= 15 is 0 Å². The highest BCUT2D eigenvalue weighted by atomic mass is 32.1. The molecule has 1 aliphatic rings. The number of thiazole rings is 1. The number of nitrogens with zero attached hydrogens (tertiary/aromatic N) is 5. The first-order valence-corrected chi connectivity index (χ1v) is 8.40. The van der Waals surface area contributed by atoms with Gasteiger partial charge < -0.3 is 15.0 Å². The fourth-order valence-electron chi connectivity index (χ4n) is 2.58. The van der Waals surface area contributed by atoms with E-state index in [1.165, 1.54) is 11.3 Å². The number of rotatable bonds is 5. The number of nitrogens with one attached hydrogen (secondary N) is 1. The standard InChI is InChI=1S/C14H20N6O2S/c1-19(5-11-8-23-9-15-11)14(21)16-10-3-4-13-17-12(7-22-2)18-20(13)6-10/h8-10H,3-7H2,1-2H3,(H,16,21). The second-order valence-electron chi connectivity index (χ2n) is 5.58. The van der Waals surface area contributed by atoms with Crippen molar-refractivity contribution in [1.82, 2.24) is 30.0 Å². The van der Waals surface area contributed by atoms with Crippen LogP contribution in [-0.4, -0.2) is 50.9 Å². The van der Waals surface area contributed by atoms with Crippen molar-refractivity contribution >= 4 is 17.4 Å². The minimum absolute atomic E-state index is 0.0602. The summed E-state index contributed by atoms with van der Waals surface area (Å²) in [5.41, 5.74) is 2.67. The number of hydrogen-bond acceptors (Lipinski definition) is 6. The predicted octanol–water partition coefficient (Wildman–Crippen LogP) is 1.04. The average molecular weight is 336 g/mol. The van der Waals surface area contributed by atoms with Crippen molar-refractivity contribution in [3.05, 3.63) is 28.2 Å². The maximum absolute atomic E-state index is 12.3. The maximum Gasteiger partial charge on any atom is 0.317 e. The summed E-state index contributed by atoms with van der Waals surface area (Å²) in [6, 6.07) is -0.0336. The van der Waals surface area contributed by atoms with Gasteiger partial charge in [-0.25, -0.2) is 19.4 Å². The molecular weight excluding hydrogens is 316 g/mol. The Morgan fingerprint density at radius 2 is 2.48 bits per heavy atom. The van der Waals surface area contributed by atoms with E-state index in [9.17, 15) is 4.79 Å². The molecule has 0 fully saturated rings. The zero-order valence-electron chi connectivity index (χ0n) is 13.2. The number of carbonyl (C=O) groups is 1. The molecule has 23 heavy (non-hydrogen) atoms. The Hall–Kier alpha value is -2.00. The lowest BCUT2D eigenvalue weighted by Crippen LogP contribution is -2.46. The lowest BCUT2D eigenvalue weighted by molar-refractivity contribution is 0.177. The molecule has 2 aromatic rings. The van der Waals surface area contributed by atoms with Gasteiger partial charge in [-0.1, -0.05) is 0 Å². The van der Waals surface area contributed by atoms with Gasteiger partial charge in [0, 0.05) is 26.0 Å². The first kappa shape index (κ1) is 15.9. The molecule has 3 heterocycles. The Morgan fingerprint density at radius 3 is 3.22 bits per heavy atom. The van der Waals surface area contributed by atoms with Gasteiger partial charge in [0.25, 0.3) is 0 Å². The zero-order chi connectivity index (χ0) is 16.2. The van der Waals surface area contributed by atoms with E-state index < -0.39 is 0 Å². The van der Waals surface area contributed by atoms with Crippen LogP contribution >= 0.6 is 11.3 Å². The van der Waals surface area contributed by atoms with E-state index in [4.69, 9.17) is 4.74 Å². The van der Waals surface area contributed by atoms with E-state index in [1.54, 1.807) is 24.6 Å². The smallest absolute Gasteiger partial charge is 0.317 e. The van der Waals surface area contributed by atoms with Gasteiger partial charge in [-0.05, 0) is 6.42 Å². The number of urea groups is 1. The van der Waals surface area contributed by atoms with Crippen LogP contribution in [0.25, 0.3) is 0 Å². The molecule has 124 valence electrons. The largest absolute Gasteiger partial charge is 0.377 e. The van der Waals surface area contributed by atoms with Crippen molar-refractivity contribution in [2.45, 2.75) is 38.6 Å². The molecule has 0 saturated carbocycles. The van der Waals surface area contributed by atoms with Crippen molar-refractivity contribution in [1.29, 1.82) is 0 Å². The van der Waals surface area contributed by atoms with Gasteiger partial charge in [0.15, 0.2) is 5.82 Å². The molecule has 0 saturated heterocycles. The zero-order valence-corrected chi connectivity index (χ0v) is 14.0. The Bertz CT molecular complexity index is 656. The Labute approximate surface area is 138 Å². The SMILES string of the molecule is COCc1nc2n(n1)CC(NC(=O)N(C)Cc1cscn1)CC2. The highest BCUT2D eigenvalue weighted by Gasteiger charge is 2.24. The predicted molar refractivity (Wildman–Crippen MR) is 85.0 cm³/mol. The molecule has 0 spiro atoms. The number of amides is 2. The molecule has 0 radical (unpaired) electrons. The summed E-state index contributed by atoms with van der Waals surface area (Å²) < 4.78 is 6.92. The van der Waals surface area contributed by atoms with Gasteiger partial charge in [-0.2, -0.15) is 5.10 Å². The molecule has 3 rings (SSSR count). The van der Waals surface area contributed by atoms with Crippen LogP contribution in [0.3, 0.4) is 0 Å². The lowest BCUT2D eigenvalue weighted by atomic mass is 10.1. The fourth-order valence-corrected chi connectivity index (χ4v) is 3.13. The Morgan fingerprint density at radius 1 is 1.61 bits per heavy atom. The fraction of sp³-hybridized carbons (Fsp3) is 0.571. The second-order valence-corrected chi connectivity index (χ2v) is 6.30. The molecule has 1 aliphatic heterocycles. The maximum atomic E-state index is 12.3. The van der Waals surface area contributed by atoms with Crippen LogP contribution in [0.15, 0.2) is 10.9 Å². The quantitative estimate of drug-likeness (QED) is 0.882. The van der Waals surface area contributed by atoms with E-state index in [-0.39, 0.29) is 12.1 Å². The topological polar surface area (TPSA) is 85.2 Å². The molecule has 2 aromatic heterocycles. The lowest BCUT2D eigenvalue weighted by Gasteiger charge is -2.26. The number of hydrogen-bond donors (Lipinski definition) is 1. The third kappa shape index (κ3) is 3.85. The number of aryl methyl sites for hydroxylation is 1. The Kier molecular flexibility index (Phi) is 4.87. The van der Waals surface area contributed by atoms with Crippen LogP contribution in [0.5, 0.6) is 0 Å². The summed E-state index contributed by atoms with van der Waals surface area (Å²) >= 11 is 1.53. The normalized spacial score (nSPS) is 16.9. The molecule has 0 aliphatic carbocycles. The molecule has 0 bridgehead atoms. The molecule has 8 nitrogen and oxygen atoms in total. The second kappa shape index (κ2) is 7.05. The van der Waals surface area contributed by atoms with Gasteiger partial charge in [0.05, 0.1) is 30.3 Å². The average Bonchev–Trinajstić information content (AvgIpc) is 3.16. The van der Waals surface area contributed by atoms with E-state index in [2.05, 4.69) is 20.4 Å². The molecule has 1 atom stereocenters. The molecular formula is C14H20N6O2S. The van der Waals surface area contributed by atoms with E-state index in [0.717, 1.165) is 24.4 Å². The summed E-state index contributed by atoms with van der Waals surface area (Å²) in [6.07, 6.45) is 1.67. The summed E-state index contributed by atoms with van der Waals surface area (Å²) in [6.45, 7) is 1.56. The van der Waals surface area contributed by atoms with Gasteiger partial charge in [-0.3, -0.25) is 0 Å². The van der Waals surface area contributed by atoms with Crippen LogP contribution in [0.4, 0.5) is 4.79 Å². The van der Waals surface area contributed by atoms with Crippen LogP contribution < -0.4 is 5.32 Å². The van der Waals surface area contributed by atoms with E-state index in [1.807, 2.05) is 10.1 Å². The van der Waals surface area contributed by atoms with Crippen molar-refractivity contribution in [3.63, 3.8) is 0 Å². The van der Waals surface area contributed by atoms with Crippen LogP contribution in [-0.2, 0) is 30.9 Å². The number of carbonyl (C=O) groups excluding carboxylic acids is 1. The Balaban J connectivity index is 1.55. The summed E-state index contributed by atoms with van der Waals surface area (Å²) in [7, 11) is 3.40. The minimum atomic E-state index is -0.0938. The van der Waals surface area contributed by atoms with Gasteiger partial charge in [-0.15, -0.1) is 11.3 Å². The van der Waals surface area contributed by atoms with Crippen LogP contribution in [0, 0.1) is 0 Å². The third-order valence-corrected chi connectivity index (χ3v) is 4.37. The molecule has 1 N–H and O–H groups in total. The number of aromatic nitrogens is 4. The number of fused-ring (bicyclic) bond motifs is 1. The number of ether oxygens (including phenoxy) is 1. The van der Waals surface area contributed by atoms with Crippen LogP contribution in [0.1, 0.15) is 23.8 Å². The first-order valence-electron chi connectivity index (χ1n) is 7.46. The third-order valence-electron chi connectivity index (χ3n) is 3.73. The van der Waals surface area contributed by atoms with E-state index in [0.29, 0.717) is 25.5 Å². The summed E-state index contributed by atoms with van der Waals surface area (Å²) in [4.78, 5) is 22.6. The summed E-state index contributed by atoms with van der Waals surface area (Å²) in [5, 5.41) is 9.41. The minimum Gasteiger partial charge on any atom is -0.377 e. The summed E-state index contributed by atoms with van der Waals surface area (Å²) in [5.74, 6) is 1.65. The molecule has 1 unspecified atom stereocenters. The van der Waals surface area contributed by atoms with Crippen molar-refractivity contribution in [2.75, 3.05) is 14.2 Å². The highest BCUT2D eigenvalue weighted by Crippen LogP contribution is 2.14. The van der Waals surface area contributed by atoms with Gasteiger partial charge >= 0.3 is 6.03 Å². The molecule has 9 heteroatoms. The monoisotopic (exact) mass is 336 g/mol. The van der Waals surface area contributed by atoms with Gasteiger partial charge in [0.1, 0.15) is 12.4 Å². The van der Waals surface area contributed by atoms with Gasteiger partial charge in [0.2, 0.25) is 0 Å². The van der Waals surface area contributed by atoms with Crippen LogP contribution in [0.2, 0.25) is 0 Å². The van der Waals surface area contributed by atoms with Crippen molar-refractivity contribution in [2.24, 2.45) is 0 Å². The highest BCUT2D eigenvalue weighted by molar-refractivity contribution is 7.07. The van der Waals surface area contributed by atoms with Crippen molar-refractivity contribution in [3.8, 4) is 0 Å². The number of methoxy groups -OCH3 is 1. The van der Waals surface area contributed by atoms with Crippen molar-refractivity contribution < 1.29 is 9.53 Å². The molecule has 0 aromatic carbocycles. The first-order chi connectivity index (χ1) is 11.2. The molecule has 2 amide bonds.